The first kappa shape index (κ1) is 30.1. The minimum atomic E-state index is -0.678. The van der Waals surface area contributed by atoms with E-state index in [-0.39, 0.29) is 45.2 Å². The van der Waals surface area contributed by atoms with Crippen LogP contribution >= 0.6 is 0 Å². The maximum absolute atomic E-state index is 11.5. The van der Waals surface area contributed by atoms with E-state index in [1.165, 1.54) is 0 Å². The molecular formula is C21H32N2O12. The molecule has 0 saturated carbocycles. The van der Waals surface area contributed by atoms with Crippen molar-refractivity contribution in [2.45, 2.75) is 45.4 Å². The van der Waals surface area contributed by atoms with Gasteiger partial charge in [-0.2, -0.15) is 0 Å². The van der Waals surface area contributed by atoms with Gasteiger partial charge in [0.25, 0.3) is 23.6 Å². The molecule has 0 aliphatic carbocycles. The van der Waals surface area contributed by atoms with E-state index in [2.05, 4.69) is 11.8 Å². The molecule has 0 aromatic carbocycles. The number of imide groups is 2. The molecule has 2 heterocycles. The Morgan fingerprint density at radius 1 is 0.686 bits per heavy atom. The Morgan fingerprint density at radius 2 is 1.09 bits per heavy atom. The number of hydrogen-bond acceptors (Lipinski definition) is 12. The zero-order valence-electron chi connectivity index (χ0n) is 19.8. The third kappa shape index (κ3) is 12.9. The van der Waals surface area contributed by atoms with E-state index in [9.17, 15) is 28.8 Å². The van der Waals surface area contributed by atoms with Crippen molar-refractivity contribution in [3.8, 4) is 0 Å². The number of hydrogen-bond donors (Lipinski definition) is 0. The summed E-state index contributed by atoms with van der Waals surface area (Å²) >= 11 is 0. The van der Waals surface area contributed by atoms with E-state index in [4.69, 9.17) is 23.8 Å². The SMILES string of the molecule is CCCOCCOCCOCCOCCC(=O)ON1C(=O)CCC1=O.O=CON1C(=O)CCC1=O. The van der Waals surface area contributed by atoms with Crippen LogP contribution in [0.2, 0.25) is 0 Å². The Morgan fingerprint density at radius 3 is 1.51 bits per heavy atom. The molecular weight excluding hydrogens is 472 g/mol. The van der Waals surface area contributed by atoms with Gasteiger partial charge in [-0.05, 0) is 6.42 Å². The largest absolute Gasteiger partial charge is 0.379 e. The lowest BCUT2D eigenvalue weighted by atomic mass is 10.4. The fraction of sp³-hybridized carbons (Fsp3) is 0.714. The lowest BCUT2D eigenvalue weighted by Crippen LogP contribution is -2.32. The molecule has 0 unspecified atom stereocenters. The highest BCUT2D eigenvalue weighted by Gasteiger charge is 2.32. The van der Waals surface area contributed by atoms with Crippen LogP contribution in [0.5, 0.6) is 0 Å². The van der Waals surface area contributed by atoms with Crippen LogP contribution in [0.3, 0.4) is 0 Å². The molecule has 4 amide bonds. The molecule has 198 valence electrons. The summed E-state index contributed by atoms with van der Waals surface area (Å²) in [5.74, 6) is -2.59. The number of nitrogens with zero attached hydrogens (tertiary/aromatic N) is 2. The molecule has 2 aliphatic rings. The maximum atomic E-state index is 11.5. The van der Waals surface area contributed by atoms with E-state index < -0.39 is 29.6 Å². The lowest BCUT2D eigenvalue weighted by Gasteiger charge is -2.12. The van der Waals surface area contributed by atoms with Crippen LogP contribution in [0.25, 0.3) is 0 Å². The number of rotatable bonds is 17. The van der Waals surface area contributed by atoms with Crippen molar-refractivity contribution in [1.29, 1.82) is 0 Å². The first-order chi connectivity index (χ1) is 16.9. The predicted molar refractivity (Wildman–Crippen MR) is 114 cm³/mol. The summed E-state index contributed by atoms with van der Waals surface area (Å²) in [6.07, 6.45) is 1.37. The average molecular weight is 504 g/mol. The first-order valence-corrected chi connectivity index (χ1v) is 11.2. The van der Waals surface area contributed by atoms with Gasteiger partial charge in [0.2, 0.25) is 0 Å². The minimum absolute atomic E-state index is 0.0437. The fourth-order valence-corrected chi connectivity index (χ4v) is 2.58. The summed E-state index contributed by atoms with van der Waals surface area (Å²) in [7, 11) is 0. The van der Waals surface area contributed by atoms with E-state index in [1.54, 1.807) is 0 Å². The zero-order valence-corrected chi connectivity index (χ0v) is 19.8. The molecule has 0 atom stereocenters. The van der Waals surface area contributed by atoms with Crippen LogP contribution in [0, 0.1) is 0 Å². The van der Waals surface area contributed by atoms with Crippen LogP contribution in [0.1, 0.15) is 45.4 Å². The van der Waals surface area contributed by atoms with E-state index in [0.717, 1.165) is 13.0 Å². The smallest absolute Gasteiger partial charge is 0.335 e. The molecule has 0 aromatic heterocycles. The second kappa shape index (κ2) is 18.4. The van der Waals surface area contributed by atoms with E-state index >= 15 is 0 Å². The van der Waals surface area contributed by atoms with Gasteiger partial charge < -0.3 is 28.6 Å². The number of hydroxylamine groups is 4. The summed E-state index contributed by atoms with van der Waals surface area (Å²) in [5, 5.41) is 1.01. The second-order valence-electron chi connectivity index (χ2n) is 7.03. The van der Waals surface area contributed by atoms with Crippen molar-refractivity contribution in [2.24, 2.45) is 0 Å². The van der Waals surface area contributed by atoms with Gasteiger partial charge in [0.1, 0.15) is 0 Å². The van der Waals surface area contributed by atoms with Gasteiger partial charge in [0, 0.05) is 32.3 Å². The molecule has 2 saturated heterocycles. The summed E-state index contributed by atoms with van der Waals surface area (Å²) in [6.45, 7) is 5.77. The zero-order chi connectivity index (χ0) is 25.9. The van der Waals surface area contributed by atoms with Gasteiger partial charge in [-0.25, -0.2) is 4.79 Å². The van der Waals surface area contributed by atoms with Crippen LogP contribution in [0.15, 0.2) is 0 Å². The molecule has 0 N–H and O–H groups in total. The predicted octanol–water partition coefficient (Wildman–Crippen LogP) is -0.316. The number of ether oxygens (including phenoxy) is 4. The molecule has 2 rings (SSSR count). The highest BCUT2D eigenvalue weighted by Crippen LogP contribution is 2.12. The second-order valence-corrected chi connectivity index (χ2v) is 7.03. The topological polar surface area (TPSA) is 164 Å². The molecule has 0 spiro atoms. The number of amides is 4. The summed E-state index contributed by atoms with van der Waals surface area (Å²) < 4.78 is 21.1. The van der Waals surface area contributed by atoms with Gasteiger partial charge in [-0.1, -0.05) is 6.92 Å². The fourth-order valence-electron chi connectivity index (χ4n) is 2.58. The Hall–Kier alpha value is -2.94. The van der Waals surface area contributed by atoms with Gasteiger partial charge in [-0.15, -0.1) is 10.1 Å². The van der Waals surface area contributed by atoms with Crippen molar-refractivity contribution in [2.75, 3.05) is 52.9 Å². The first-order valence-electron chi connectivity index (χ1n) is 11.2. The highest BCUT2D eigenvalue weighted by molar-refractivity contribution is 6.01. The third-order valence-electron chi connectivity index (χ3n) is 4.27. The third-order valence-corrected chi connectivity index (χ3v) is 4.27. The Bertz CT molecular complexity index is 682. The summed E-state index contributed by atoms with van der Waals surface area (Å²) in [6, 6.07) is 0. The average Bonchev–Trinajstić information content (AvgIpc) is 3.33. The molecule has 14 nitrogen and oxygen atoms in total. The van der Waals surface area contributed by atoms with Crippen LogP contribution in [0.4, 0.5) is 0 Å². The van der Waals surface area contributed by atoms with Gasteiger partial charge in [-0.3, -0.25) is 24.0 Å². The van der Waals surface area contributed by atoms with Crippen molar-refractivity contribution in [3.05, 3.63) is 0 Å². The van der Waals surface area contributed by atoms with E-state index in [0.29, 0.717) is 49.8 Å². The van der Waals surface area contributed by atoms with Crippen molar-refractivity contribution in [3.63, 3.8) is 0 Å². The molecule has 0 bridgehead atoms. The summed E-state index contributed by atoms with van der Waals surface area (Å²) in [4.78, 5) is 73.7. The molecule has 0 radical (unpaired) electrons. The molecule has 2 aliphatic heterocycles. The van der Waals surface area contributed by atoms with Gasteiger partial charge in [0.15, 0.2) is 0 Å². The lowest BCUT2D eigenvalue weighted by molar-refractivity contribution is -0.198. The monoisotopic (exact) mass is 504 g/mol. The Labute approximate surface area is 202 Å². The summed E-state index contributed by atoms with van der Waals surface area (Å²) in [5.41, 5.74) is 0. The number of carbonyl (C=O) groups excluding carboxylic acids is 6. The van der Waals surface area contributed by atoms with Crippen LogP contribution in [-0.4, -0.2) is 99.1 Å². The van der Waals surface area contributed by atoms with Crippen LogP contribution < -0.4 is 0 Å². The Kier molecular flexibility index (Phi) is 15.8. The molecule has 14 heteroatoms. The van der Waals surface area contributed by atoms with Gasteiger partial charge >= 0.3 is 12.4 Å². The van der Waals surface area contributed by atoms with Gasteiger partial charge in [0.05, 0.1) is 52.7 Å². The minimum Gasteiger partial charge on any atom is -0.379 e. The molecule has 2 fully saturated rings. The van der Waals surface area contributed by atoms with Crippen LogP contribution in [-0.2, 0) is 57.4 Å². The Balaban J connectivity index is 0.000000507. The standard InChI is InChI=1S/C16H27NO8.C5H5NO4/c1-2-6-21-8-10-23-12-13-24-11-9-22-7-5-16(20)25-17-14(18)3-4-15(17)19;7-3-10-6-4(8)1-2-5(6)9/h2-13H2,1H3;3H,1-2H2. The number of carbonyl (C=O) groups is 6. The van der Waals surface area contributed by atoms with Crippen molar-refractivity contribution in [1.82, 2.24) is 10.1 Å². The maximum Gasteiger partial charge on any atom is 0.335 e. The quantitative estimate of drug-likeness (QED) is 0.144. The molecule has 35 heavy (non-hydrogen) atoms. The van der Waals surface area contributed by atoms with Crippen molar-refractivity contribution >= 4 is 36.1 Å². The molecule has 0 aromatic rings. The normalized spacial score (nSPS) is 15.3. The van der Waals surface area contributed by atoms with E-state index in [1.807, 2.05) is 0 Å². The van der Waals surface area contributed by atoms with Crippen molar-refractivity contribution < 1.29 is 57.4 Å². The highest BCUT2D eigenvalue weighted by atomic mass is 16.7.